The summed E-state index contributed by atoms with van der Waals surface area (Å²) in [6.45, 7) is 1.55. The van der Waals surface area contributed by atoms with E-state index in [2.05, 4.69) is 10.6 Å². The third kappa shape index (κ3) is 4.37. The predicted octanol–water partition coefficient (Wildman–Crippen LogP) is 3.33. The van der Waals surface area contributed by atoms with E-state index in [9.17, 15) is 14.9 Å². The maximum atomic E-state index is 12.5. The Balaban J connectivity index is 1.74. The van der Waals surface area contributed by atoms with E-state index in [0.717, 1.165) is 25.9 Å². The lowest BCUT2D eigenvalue weighted by molar-refractivity contribution is -0.384. The molecule has 1 aliphatic heterocycles. The Morgan fingerprint density at radius 2 is 1.93 bits per heavy atom. The summed E-state index contributed by atoms with van der Waals surface area (Å²) in [5.74, 6) is 0.0492. The van der Waals surface area contributed by atoms with Crippen molar-refractivity contribution < 1.29 is 14.5 Å². The standard InChI is InChI=1S/C19H20N4O4S/c1-27-17-7-3-2-6-14(17)20-19(28)21-18(24)13-8-9-15(16(12-13)23(25)26)22-10-4-5-11-22/h2-3,6-9,12H,4-5,10-11H2,1H3,(H2,20,21,24,28). The number of para-hydroxylation sites is 2. The van der Waals surface area contributed by atoms with Gasteiger partial charge in [0.05, 0.1) is 17.7 Å². The molecule has 0 bridgehead atoms. The first-order chi connectivity index (χ1) is 13.5. The quantitative estimate of drug-likeness (QED) is 0.451. The molecule has 0 aromatic heterocycles. The van der Waals surface area contributed by atoms with Gasteiger partial charge in [-0.25, -0.2) is 0 Å². The van der Waals surface area contributed by atoms with Crippen molar-refractivity contribution in [2.45, 2.75) is 12.8 Å². The monoisotopic (exact) mass is 400 g/mol. The summed E-state index contributed by atoms with van der Waals surface area (Å²) >= 11 is 5.18. The summed E-state index contributed by atoms with van der Waals surface area (Å²) < 4.78 is 5.23. The Kier molecular flexibility index (Phi) is 6.05. The van der Waals surface area contributed by atoms with Gasteiger partial charge in [-0.15, -0.1) is 0 Å². The van der Waals surface area contributed by atoms with E-state index in [1.165, 1.54) is 13.2 Å². The Labute approximate surface area is 167 Å². The predicted molar refractivity (Wildman–Crippen MR) is 111 cm³/mol. The molecule has 28 heavy (non-hydrogen) atoms. The van der Waals surface area contributed by atoms with Crippen molar-refractivity contribution in [1.82, 2.24) is 5.32 Å². The molecule has 2 N–H and O–H groups in total. The molecule has 1 amide bonds. The zero-order valence-corrected chi connectivity index (χ0v) is 16.1. The van der Waals surface area contributed by atoms with Gasteiger partial charge in [0.15, 0.2) is 5.11 Å². The van der Waals surface area contributed by atoms with Crippen molar-refractivity contribution in [2.24, 2.45) is 0 Å². The second kappa shape index (κ2) is 8.66. The van der Waals surface area contributed by atoms with Crippen LogP contribution in [0, 0.1) is 10.1 Å². The van der Waals surface area contributed by atoms with Crippen molar-refractivity contribution in [1.29, 1.82) is 0 Å². The fourth-order valence-electron chi connectivity index (χ4n) is 3.11. The highest BCUT2D eigenvalue weighted by atomic mass is 32.1. The number of hydrogen-bond donors (Lipinski definition) is 2. The number of nitrogens with one attached hydrogen (secondary N) is 2. The molecule has 2 aromatic rings. The highest BCUT2D eigenvalue weighted by Crippen LogP contribution is 2.31. The van der Waals surface area contributed by atoms with E-state index in [-0.39, 0.29) is 16.4 Å². The molecule has 0 aliphatic carbocycles. The molecule has 1 fully saturated rings. The Bertz CT molecular complexity index is 913. The third-order valence-electron chi connectivity index (χ3n) is 4.46. The minimum Gasteiger partial charge on any atom is -0.495 e. The summed E-state index contributed by atoms with van der Waals surface area (Å²) in [6.07, 6.45) is 2.00. The van der Waals surface area contributed by atoms with E-state index in [0.29, 0.717) is 17.1 Å². The number of amides is 1. The van der Waals surface area contributed by atoms with Gasteiger partial charge in [-0.3, -0.25) is 20.2 Å². The van der Waals surface area contributed by atoms with Crippen molar-refractivity contribution in [3.8, 4) is 5.75 Å². The minimum absolute atomic E-state index is 0.0702. The second-order valence-electron chi connectivity index (χ2n) is 6.26. The summed E-state index contributed by atoms with van der Waals surface area (Å²) in [5.41, 5.74) is 1.22. The maximum absolute atomic E-state index is 12.5. The van der Waals surface area contributed by atoms with Crippen LogP contribution in [0.2, 0.25) is 0 Å². The molecule has 3 rings (SSSR count). The van der Waals surface area contributed by atoms with Gasteiger partial charge >= 0.3 is 0 Å². The van der Waals surface area contributed by atoms with E-state index < -0.39 is 10.8 Å². The minimum atomic E-state index is -0.525. The van der Waals surface area contributed by atoms with E-state index in [4.69, 9.17) is 17.0 Å². The summed E-state index contributed by atoms with van der Waals surface area (Å²) in [4.78, 5) is 25.5. The van der Waals surface area contributed by atoms with Gasteiger partial charge < -0.3 is 15.0 Å². The van der Waals surface area contributed by atoms with Crippen LogP contribution in [0.1, 0.15) is 23.2 Å². The molecule has 2 aromatic carbocycles. The first kappa shape index (κ1) is 19.6. The number of nitrogens with zero attached hydrogens (tertiary/aromatic N) is 2. The van der Waals surface area contributed by atoms with Crippen LogP contribution >= 0.6 is 12.2 Å². The van der Waals surface area contributed by atoms with Crippen LogP contribution < -0.4 is 20.3 Å². The van der Waals surface area contributed by atoms with Crippen LogP contribution in [0.15, 0.2) is 42.5 Å². The molecule has 0 spiro atoms. The van der Waals surface area contributed by atoms with Crippen LogP contribution in [-0.2, 0) is 0 Å². The molecule has 1 aliphatic rings. The molecule has 0 radical (unpaired) electrons. The number of ether oxygens (including phenoxy) is 1. The van der Waals surface area contributed by atoms with Crippen molar-refractivity contribution in [3.63, 3.8) is 0 Å². The molecule has 146 valence electrons. The number of carbonyl (C=O) groups excluding carboxylic acids is 1. The van der Waals surface area contributed by atoms with Gasteiger partial charge in [-0.1, -0.05) is 12.1 Å². The lowest BCUT2D eigenvalue weighted by Gasteiger charge is -2.18. The van der Waals surface area contributed by atoms with Gasteiger partial charge in [0.25, 0.3) is 11.6 Å². The Morgan fingerprint density at radius 1 is 1.21 bits per heavy atom. The summed E-state index contributed by atoms with van der Waals surface area (Å²) in [7, 11) is 1.53. The van der Waals surface area contributed by atoms with E-state index in [1.54, 1.807) is 30.3 Å². The number of nitro groups is 1. The average Bonchev–Trinajstić information content (AvgIpc) is 3.22. The molecule has 1 saturated heterocycles. The van der Waals surface area contributed by atoms with Crippen LogP contribution in [0.25, 0.3) is 0 Å². The zero-order valence-electron chi connectivity index (χ0n) is 15.3. The molecule has 9 heteroatoms. The molecule has 0 atom stereocenters. The van der Waals surface area contributed by atoms with Crippen molar-refractivity contribution in [3.05, 3.63) is 58.1 Å². The lowest BCUT2D eigenvalue weighted by Crippen LogP contribution is -2.34. The normalized spacial score (nSPS) is 13.1. The highest BCUT2D eigenvalue weighted by Gasteiger charge is 2.24. The maximum Gasteiger partial charge on any atom is 0.293 e. The van der Waals surface area contributed by atoms with E-state index in [1.807, 2.05) is 11.0 Å². The van der Waals surface area contributed by atoms with Crippen LogP contribution in [0.3, 0.4) is 0 Å². The highest BCUT2D eigenvalue weighted by molar-refractivity contribution is 7.80. The van der Waals surface area contributed by atoms with Crippen LogP contribution in [0.4, 0.5) is 17.1 Å². The number of benzene rings is 2. The zero-order chi connectivity index (χ0) is 20.1. The fourth-order valence-corrected chi connectivity index (χ4v) is 3.32. The largest absolute Gasteiger partial charge is 0.495 e. The second-order valence-corrected chi connectivity index (χ2v) is 6.67. The summed E-state index contributed by atoms with van der Waals surface area (Å²) in [6, 6.07) is 11.6. The smallest absolute Gasteiger partial charge is 0.293 e. The van der Waals surface area contributed by atoms with Crippen LogP contribution in [-0.4, -0.2) is 36.1 Å². The van der Waals surface area contributed by atoms with Gasteiger partial charge in [0, 0.05) is 24.7 Å². The van der Waals surface area contributed by atoms with Gasteiger partial charge in [0.1, 0.15) is 11.4 Å². The number of rotatable bonds is 5. The molecular formula is C19H20N4O4S. The third-order valence-corrected chi connectivity index (χ3v) is 4.67. The molecule has 1 heterocycles. The van der Waals surface area contributed by atoms with Gasteiger partial charge in [-0.05, 0) is 49.3 Å². The molecule has 0 saturated carbocycles. The van der Waals surface area contributed by atoms with Crippen molar-refractivity contribution >= 4 is 40.3 Å². The topological polar surface area (TPSA) is 96.7 Å². The number of anilines is 2. The van der Waals surface area contributed by atoms with E-state index >= 15 is 0 Å². The fraction of sp³-hybridized carbons (Fsp3) is 0.263. The summed E-state index contributed by atoms with van der Waals surface area (Å²) in [5, 5.41) is 17.0. The molecule has 8 nitrogen and oxygen atoms in total. The number of methoxy groups -OCH3 is 1. The average molecular weight is 400 g/mol. The molecule has 0 unspecified atom stereocenters. The van der Waals surface area contributed by atoms with Crippen molar-refractivity contribution in [2.75, 3.05) is 30.4 Å². The Morgan fingerprint density at radius 3 is 2.61 bits per heavy atom. The first-order valence-corrected chi connectivity index (χ1v) is 9.19. The molecular weight excluding hydrogens is 380 g/mol. The van der Waals surface area contributed by atoms with Gasteiger partial charge in [0.2, 0.25) is 0 Å². The number of thiocarbonyl (C=S) groups is 1. The Hall–Kier alpha value is -3.20. The SMILES string of the molecule is COc1ccccc1NC(=S)NC(=O)c1ccc(N2CCCC2)c([N+](=O)[O-])c1. The van der Waals surface area contributed by atoms with Crippen LogP contribution in [0.5, 0.6) is 5.75 Å². The number of nitro benzene ring substituents is 1. The first-order valence-electron chi connectivity index (χ1n) is 8.78. The van der Waals surface area contributed by atoms with Gasteiger partial charge in [-0.2, -0.15) is 0 Å². The number of carbonyl (C=O) groups is 1. The lowest BCUT2D eigenvalue weighted by atomic mass is 10.1. The number of hydrogen-bond acceptors (Lipinski definition) is 6.